The highest BCUT2D eigenvalue weighted by Crippen LogP contribution is 2.59. The predicted octanol–water partition coefficient (Wildman–Crippen LogP) is 3.99. The van der Waals surface area contributed by atoms with Gasteiger partial charge >= 0.3 is 0 Å². The van der Waals surface area contributed by atoms with Gasteiger partial charge in [-0.3, -0.25) is 4.90 Å². The van der Waals surface area contributed by atoms with E-state index in [-0.39, 0.29) is 17.1 Å². The Morgan fingerprint density at radius 3 is 2.64 bits per heavy atom. The average Bonchev–Trinajstić information content (AvgIpc) is 3.05. The largest absolute Gasteiger partial charge is 0.379 e. The predicted molar refractivity (Wildman–Crippen MR) is 114 cm³/mol. The van der Waals surface area contributed by atoms with Crippen molar-refractivity contribution >= 4 is 0 Å². The minimum Gasteiger partial charge on any atom is -0.379 e. The summed E-state index contributed by atoms with van der Waals surface area (Å²) in [6, 6.07) is 0.443. The maximum absolute atomic E-state index is 7.18. The summed E-state index contributed by atoms with van der Waals surface area (Å²) in [6.45, 7) is 14.2. The van der Waals surface area contributed by atoms with Crippen LogP contribution in [0.15, 0.2) is 11.6 Å². The molecule has 4 nitrogen and oxygen atoms in total. The maximum Gasteiger partial charge on any atom is 0.0773 e. The number of nitrogens with two attached hydrogens (primary N) is 1. The number of hydrogen-bond donors (Lipinski definition) is 1. The quantitative estimate of drug-likeness (QED) is 0.740. The van der Waals surface area contributed by atoms with Crippen LogP contribution in [0.2, 0.25) is 0 Å². The van der Waals surface area contributed by atoms with Crippen LogP contribution in [0.4, 0.5) is 0 Å². The summed E-state index contributed by atoms with van der Waals surface area (Å²) < 4.78 is 11.7. The minimum atomic E-state index is 0.0162. The molecule has 0 spiro atoms. The second-order valence-electron chi connectivity index (χ2n) is 10.5. The summed E-state index contributed by atoms with van der Waals surface area (Å²) in [4.78, 5) is 2.57. The molecule has 0 bridgehead atoms. The standard InChI is InChI=1S/C24H42N2O2/c1-17-9-11-24(25)18(2)6-5-10-23(24,4)21(17)8-7-20-19(3)28-16-22(20)26-12-14-27-15-13-26/h7,17-19,21-22H,5-6,8-16,25H2,1-4H3/b20-7-/t17?,18-,19?,21+,22?,23-,24-/m0/s1. The Labute approximate surface area is 172 Å². The zero-order valence-electron chi connectivity index (χ0n) is 18.6. The Hall–Kier alpha value is -0.420. The molecule has 7 atom stereocenters. The first-order valence-electron chi connectivity index (χ1n) is 11.8. The van der Waals surface area contributed by atoms with E-state index >= 15 is 0 Å². The van der Waals surface area contributed by atoms with Gasteiger partial charge in [0, 0.05) is 18.6 Å². The second-order valence-corrected chi connectivity index (χ2v) is 10.5. The highest BCUT2D eigenvalue weighted by Gasteiger charge is 2.57. The molecule has 2 aliphatic heterocycles. The molecule has 2 saturated heterocycles. The molecule has 4 aliphatic rings. The molecule has 0 aromatic carbocycles. The van der Waals surface area contributed by atoms with Gasteiger partial charge in [-0.15, -0.1) is 0 Å². The number of fused-ring (bicyclic) bond motifs is 1. The van der Waals surface area contributed by atoms with Crippen molar-refractivity contribution in [3.63, 3.8) is 0 Å². The SMILES string of the molecule is CC1OCC(N2CCOCC2)/C1=C\C[C@@H]1C(C)CC[C@]2(N)[C@@H](C)CCC[C@@]12C. The van der Waals surface area contributed by atoms with Crippen molar-refractivity contribution in [2.45, 2.75) is 83.9 Å². The third-order valence-electron chi connectivity index (χ3n) is 9.25. The van der Waals surface area contributed by atoms with E-state index in [0.29, 0.717) is 17.9 Å². The lowest BCUT2D eigenvalue weighted by molar-refractivity contribution is -0.0770. The summed E-state index contributed by atoms with van der Waals surface area (Å²) in [6.07, 6.45) is 10.4. The van der Waals surface area contributed by atoms with E-state index in [2.05, 4.69) is 38.7 Å². The molecule has 2 saturated carbocycles. The van der Waals surface area contributed by atoms with Gasteiger partial charge in [0.25, 0.3) is 0 Å². The smallest absolute Gasteiger partial charge is 0.0773 e. The number of morpholine rings is 1. The molecule has 2 aliphatic carbocycles. The Kier molecular flexibility index (Phi) is 5.97. The molecular formula is C24H42N2O2. The fourth-order valence-electron chi connectivity index (χ4n) is 7.15. The summed E-state index contributed by atoms with van der Waals surface area (Å²) in [5.41, 5.74) is 8.97. The first-order chi connectivity index (χ1) is 13.4. The van der Waals surface area contributed by atoms with E-state index in [1.54, 1.807) is 0 Å². The van der Waals surface area contributed by atoms with Crippen molar-refractivity contribution in [3.05, 3.63) is 11.6 Å². The van der Waals surface area contributed by atoms with Crippen molar-refractivity contribution < 1.29 is 9.47 Å². The monoisotopic (exact) mass is 390 g/mol. The number of allylic oxidation sites excluding steroid dienone is 1. The van der Waals surface area contributed by atoms with Gasteiger partial charge in [0.05, 0.1) is 32.0 Å². The average molecular weight is 391 g/mol. The highest BCUT2D eigenvalue weighted by atomic mass is 16.5. The normalized spacial score (nSPS) is 49.3. The van der Waals surface area contributed by atoms with Gasteiger partial charge in [-0.05, 0) is 67.8 Å². The molecule has 2 heterocycles. The van der Waals surface area contributed by atoms with Gasteiger partial charge in [-0.2, -0.15) is 0 Å². The Morgan fingerprint density at radius 2 is 1.89 bits per heavy atom. The Bertz CT molecular complexity index is 587. The van der Waals surface area contributed by atoms with Crippen LogP contribution in [0, 0.1) is 23.2 Å². The van der Waals surface area contributed by atoms with Crippen LogP contribution in [-0.4, -0.2) is 55.5 Å². The molecule has 3 unspecified atom stereocenters. The summed E-state index contributed by atoms with van der Waals surface area (Å²) in [7, 11) is 0. The van der Waals surface area contributed by atoms with Crippen LogP contribution in [0.3, 0.4) is 0 Å². The van der Waals surface area contributed by atoms with Crippen LogP contribution < -0.4 is 5.73 Å². The number of hydrogen-bond acceptors (Lipinski definition) is 4. The summed E-state index contributed by atoms with van der Waals surface area (Å²) in [5.74, 6) is 2.08. The molecule has 28 heavy (non-hydrogen) atoms. The Balaban J connectivity index is 1.55. The number of ether oxygens (including phenoxy) is 2. The topological polar surface area (TPSA) is 47.7 Å². The van der Waals surface area contributed by atoms with E-state index in [0.717, 1.165) is 45.2 Å². The van der Waals surface area contributed by atoms with E-state index in [4.69, 9.17) is 15.2 Å². The van der Waals surface area contributed by atoms with Crippen molar-refractivity contribution in [1.29, 1.82) is 0 Å². The van der Waals surface area contributed by atoms with Crippen LogP contribution in [0.25, 0.3) is 0 Å². The van der Waals surface area contributed by atoms with Gasteiger partial charge in [0.2, 0.25) is 0 Å². The molecular weight excluding hydrogens is 348 g/mol. The van der Waals surface area contributed by atoms with Gasteiger partial charge in [-0.1, -0.05) is 33.3 Å². The zero-order valence-corrected chi connectivity index (χ0v) is 18.6. The molecule has 0 aromatic rings. The van der Waals surface area contributed by atoms with Gasteiger partial charge in [0.1, 0.15) is 0 Å². The lowest BCUT2D eigenvalue weighted by Crippen LogP contribution is -2.66. The Morgan fingerprint density at radius 1 is 1.14 bits per heavy atom. The highest BCUT2D eigenvalue weighted by molar-refractivity contribution is 5.22. The lowest BCUT2D eigenvalue weighted by atomic mass is 9.46. The van der Waals surface area contributed by atoms with Crippen LogP contribution in [0.5, 0.6) is 0 Å². The summed E-state index contributed by atoms with van der Waals surface area (Å²) in [5, 5.41) is 0. The first-order valence-corrected chi connectivity index (χ1v) is 11.8. The van der Waals surface area contributed by atoms with Crippen LogP contribution >= 0.6 is 0 Å². The minimum absolute atomic E-state index is 0.0162. The fraction of sp³-hybridized carbons (Fsp3) is 0.917. The van der Waals surface area contributed by atoms with Gasteiger partial charge in [-0.25, -0.2) is 0 Å². The van der Waals surface area contributed by atoms with Crippen molar-refractivity contribution in [2.75, 3.05) is 32.9 Å². The van der Waals surface area contributed by atoms with Gasteiger partial charge in [0.15, 0.2) is 0 Å². The molecule has 0 amide bonds. The van der Waals surface area contributed by atoms with Crippen LogP contribution in [-0.2, 0) is 9.47 Å². The first kappa shape index (κ1) is 20.8. The molecule has 160 valence electrons. The lowest BCUT2D eigenvalue weighted by Gasteiger charge is -2.62. The molecule has 0 radical (unpaired) electrons. The van der Waals surface area contributed by atoms with Crippen molar-refractivity contribution in [3.8, 4) is 0 Å². The van der Waals surface area contributed by atoms with Gasteiger partial charge < -0.3 is 15.2 Å². The maximum atomic E-state index is 7.18. The third kappa shape index (κ3) is 3.38. The fourth-order valence-corrected chi connectivity index (χ4v) is 7.15. The van der Waals surface area contributed by atoms with E-state index in [1.807, 2.05) is 0 Å². The second kappa shape index (κ2) is 8.02. The number of nitrogens with zero attached hydrogens (tertiary/aromatic N) is 1. The molecule has 2 N–H and O–H groups in total. The zero-order chi connectivity index (χ0) is 19.9. The molecule has 4 heteroatoms. The molecule has 4 fully saturated rings. The van der Waals surface area contributed by atoms with Crippen molar-refractivity contribution in [2.24, 2.45) is 28.9 Å². The third-order valence-corrected chi connectivity index (χ3v) is 9.25. The van der Waals surface area contributed by atoms with E-state index < -0.39 is 0 Å². The van der Waals surface area contributed by atoms with Crippen LogP contribution in [0.1, 0.15) is 66.2 Å². The van der Waals surface area contributed by atoms with E-state index in [9.17, 15) is 0 Å². The van der Waals surface area contributed by atoms with Crippen molar-refractivity contribution in [1.82, 2.24) is 4.90 Å². The van der Waals surface area contributed by atoms with E-state index in [1.165, 1.54) is 37.7 Å². The molecule has 0 aromatic heterocycles. The molecule has 4 rings (SSSR count). The number of rotatable bonds is 3. The summed E-state index contributed by atoms with van der Waals surface area (Å²) >= 11 is 0.